The van der Waals surface area contributed by atoms with Crippen LogP contribution in [0.1, 0.15) is 80.5 Å². The van der Waals surface area contributed by atoms with E-state index in [2.05, 4.69) is 35.2 Å². The number of Topliss-reactive ketones (excluding diaryl/α,β-unsaturated/α-hetero) is 2. The lowest BCUT2D eigenvalue weighted by molar-refractivity contribution is -0.123. The number of allylic oxidation sites excluding steroid dienone is 2. The average molecular weight is 518 g/mol. The van der Waals surface area contributed by atoms with Gasteiger partial charge < -0.3 is 0 Å². The van der Waals surface area contributed by atoms with Gasteiger partial charge in [0.05, 0.1) is 0 Å². The van der Waals surface area contributed by atoms with Gasteiger partial charge in [0.15, 0.2) is 5.78 Å². The van der Waals surface area contributed by atoms with Crippen molar-refractivity contribution in [2.24, 2.45) is 17.8 Å². The second-order valence-electron chi connectivity index (χ2n) is 12.2. The third kappa shape index (κ3) is 4.68. The summed E-state index contributed by atoms with van der Waals surface area (Å²) in [4.78, 5) is 28.8. The van der Waals surface area contributed by atoms with Gasteiger partial charge in [-0.3, -0.25) is 14.5 Å². The van der Waals surface area contributed by atoms with Gasteiger partial charge in [-0.2, -0.15) is 0 Å². The molecule has 0 spiro atoms. The molecular weight excluding hydrogens is 480 g/mol. The van der Waals surface area contributed by atoms with E-state index in [-0.39, 0.29) is 35.9 Å². The second-order valence-corrected chi connectivity index (χ2v) is 12.2. The van der Waals surface area contributed by atoms with Gasteiger partial charge in [-0.25, -0.2) is 8.78 Å². The molecule has 5 heteroatoms. The van der Waals surface area contributed by atoms with E-state index < -0.39 is 5.92 Å². The van der Waals surface area contributed by atoms with Crippen molar-refractivity contribution >= 4 is 17.1 Å². The maximum absolute atomic E-state index is 14.1. The maximum Gasteiger partial charge on any atom is 0.270 e. The summed E-state index contributed by atoms with van der Waals surface area (Å²) in [5, 5.41) is 0. The normalized spacial score (nSPS) is 28.8. The molecule has 0 aromatic heterocycles. The highest BCUT2D eigenvalue weighted by Crippen LogP contribution is 2.54. The highest BCUT2D eigenvalue weighted by Gasteiger charge is 2.59. The average Bonchev–Trinajstić information content (AvgIpc) is 3.22. The number of ketones is 2. The Morgan fingerprint density at radius 2 is 1.61 bits per heavy atom. The number of benzene rings is 2. The quantitative estimate of drug-likeness (QED) is 0.380. The van der Waals surface area contributed by atoms with Crippen LogP contribution >= 0.6 is 0 Å². The molecule has 0 radical (unpaired) electrons. The van der Waals surface area contributed by atoms with Crippen LogP contribution in [0, 0.1) is 17.8 Å². The Bertz CT molecular complexity index is 1260. The number of likely N-dealkylation sites (tertiary alicyclic amines) is 1. The molecule has 2 aromatic rings. The lowest BCUT2D eigenvalue weighted by Crippen LogP contribution is -2.38. The van der Waals surface area contributed by atoms with Crippen LogP contribution in [0.4, 0.5) is 8.78 Å². The van der Waals surface area contributed by atoms with E-state index in [0.717, 1.165) is 25.6 Å². The zero-order chi connectivity index (χ0) is 26.6. The molecule has 4 aliphatic rings. The summed E-state index contributed by atoms with van der Waals surface area (Å²) in [7, 11) is 0. The number of piperidine rings is 1. The lowest BCUT2D eigenvalue weighted by atomic mass is 9.81. The largest absolute Gasteiger partial charge is 0.300 e. The topological polar surface area (TPSA) is 37.4 Å². The molecule has 2 aromatic carbocycles. The van der Waals surface area contributed by atoms with E-state index in [1.165, 1.54) is 37.3 Å². The summed E-state index contributed by atoms with van der Waals surface area (Å²) in [5.74, 6) is -1.14. The van der Waals surface area contributed by atoms with Crippen LogP contribution in [-0.2, 0) is 21.9 Å². The molecule has 3 atom stereocenters. The SMILES string of the molecule is CC1=C(C(=O)CCC(=O)C2[C@H]3CN(C4CCC(c5ccccc5)CC4)C[C@@H]23)c2cccc(C(C)(F)F)c2C1. The van der Waals surface area contributed by atoms with Gasteiger partial charge in [-0.05, 0) is 73.5 Å². The first-order valence-electron chi connectivity index (χ1n) is 14.3. The first-order chi connectivity index (χ1) is 18.2. The molecule has 38 heavy (non-hydrogen) atoms. The van der Waals surface area contributed by atoms with Crippen molar-refractivity contribution in [1.29, 1.82) is 0 Å². The highest BCUT2D eigenvalue weighted by atomic mass is 19.3. The van der Waals surface area contributed by atoms with Crippen molar-refractivity contribution in [1.82, 2.24) is 4.90 Å². The van der Waals surface area contributed by atoms with Gasteiger partial charge in [-0.1, -0.05) is 54.1 Å². The van der Waals surface area contributed by atoms with Crippen LogP contribution in [0.25, 0.3) is 5.57 Å². The summed E-state index contributed by atoms with van der Waals surface area (Å²) < 4.78 is 28.2. The van der Waals surface area contributed by atoms with Crippen LogP contribution < -0.4 is 0 Å². The van der Waals surface area contributed by atoms with Gasteiger partial charge in [0.25, 0.3) is 5.92 Å². The van der Waals surface area contributed by atoms with E-state index in [1.54, 1.807) is 12.1 Å². The first kappa shape index (κ1) is 25.6. The molecule has 1 aliphatic heterocycles. The zero-order valence-electron chi connectivity index (χ0n) is 22.4. The molecule has 1 saturated heterocycles. The van der Waals surface area contributed by atoms with Gasteiger partial charge >= 0.3 is 0 Å². The summed E-state index contributed by atoms with van der Waals surface area (Å²) >= 11 is 0. The van der Waals surface area contributed by atoms with Gasteiger partial charge in [0.2, 0.25) is 0 Å². The molecule has 6 rings (SSSR count). The number of rotatable bonds is 8. The van der Waals surface area contributed by atoms with E-state index in [0.29, 0.717) is 46.9 Å². The molecule has 1 unspecified atom stereocenters. The summed E-state index contributed by atoms with van der Waals surface area (Å²) in [6.45, 7) is 4.78. The van der Waals surface area contributed by atoms with E-state index in [4.69, 9.17) is 0 Å². The minimum absolute atomic E-state index is 0.00265. The molecule has 3 fully saturated rings. The number of carbonyl (C=O) groups excluding carboxylic acids is 2. The molecule has 0 N–H and O–H groups in total. The molecule has 0 amide bonds. The number of alkyl halides is 2. The molecular formula is C33H37F2NO2. The minimum atomic E-state index is -2.95. The number of nitrogens with zero attached hydrogens (tertiary/aromatic N) is 1. The highest BCUT2D eigenvalue weighted by molar-refractivity contribution is 6.23. The van der Waals surface area contributed by atoms with E-state index >= 15 is 0 Å². The van der Waals surface area contributed by atoms with Crippen LogP contribution in [-0.4, -0.2) is 35.6 Å². The minimum Gasteiger partial charge on any atom is -0.300 e. The Kier molecular flexibility index (Phi) is 6.62. The van der Waals surface area contributed by atoms with Crippen molar-refractivity contribution in [3.63, 3.8) is 0 Å². The number of hydrogen-bond donors (Lipinski definition) is 0. The second kappa shape index (κ2) is 9.82. The molecule has 2 saturated carbocycles. The predicted molar refractivity (Wildman–Crippen MR) is 145 cm³/mol. The van der Waals surface area contributed by atoms with Crippen molar-refractivity contribution in [3.8, 4) is 0 Å². The lowest BCUT2D eigenvalue weighted by Gasteiger charge is -2.36. The fourth-order valence-corrected chi connectivity index (χ4v) is 7.76. The third-order valence-corrected chi connectivity index (χ3v) is 9.74. The van der Waals surface area contributed by atoms with E-state index in [1.807, 2.05) is 6.92 Å². The van der Waals surface area contributed by atoms with E-state index in [9.17, 15) is 18.4 Å². The zero-order valence-corrected chi connectivity index (χ0v) is 22.4. The van der Waals surface area contributed by atoms with Gasteiger partial charge in [0, 0.05) is 56.0 Å². The summed E-state index contributed by atoms with van der Waals surface area (Å²) in [6, 6.07) is 16.3. The van der Waals surface area contributed by atoms with Gasteiger partial charge in [0.1, 0.15) is 5.78 Å². The molecule has 200 valence electrons. The van der Waals surface area contributed by atoms with Crippen LogP contribution in [0.2, 0.25) is 0 Å². The van der Waals surface area contributed by atoms with Crippen molar-refractivity contribution < 1.29 is 18.4 Å². The summed E-state index contributed by atoms with van der Waals surface area (Å²) in [6.07, 6.45) is 5.73. The van der Waals surface area contributed by atoms with Crippen LogP contribution in [0.3, 0.4) is 0 Å². The van der Waals surface area contributed by atoms with Crippen molar-refractivity contribution in [2.45, 2.75) is 76.7 Å². The molecule has 3 nitrogen and oxygen atoms in total. The number of halogens is 2. The standard InChI is InChI=1S/C33H37F2NO2/c1-20-17-25-24(9-6-10-28(25)33(2,34)35)31(20)29(37)15-16-30(38)32-26-18-36(19-27(26)32)23-13-11-22(12-14-23)21-7-4-3-5-8-21/h3-10,22-23,26-27,32H,11-19H2,1-2H3/t22?,23?,26-,27+,32?. The Hall–Kier alpha value is -2.66. The Balaban J connectivity index is 0.993. The number of hydrogen-bond acceptors (Lipinski definition) is 3. The number of fused-ring (bicyclic) bond motifs is 2. The maximum atomic E-state index is 14.1. The smallest absolute Gasteiger partial charge is 0.270 e. The van der Waals surface area contributed by atoms with Crippen LogP contribution in [0.5, 0.6) is 0 Å². The fourth-order valence-electron chi connectivity index (χ4n) is 7.76. The monoisotopic (exact) mass is 517 g/mol. The van der Waals surface area contributed by atoms with Crippen molar-refractivity contribution in [3.05, 3.63) is 76.4 Å². The predicted octanol–water partition coefficient (Wildman–Crippen LogP) is 6.95. The molecule has 1 heterocycles. The Labute approximate surface area is 224 Å². The Morgan fingerprint density at radius 1 is 0.921 bits per heavy atom. The molecule has 3 aliphatic carbocycles. The van der Waals surface area contributed by atoms with Crippen LogP contribution in [0.15, 0.2) is 54.1 Å². The van der Waals surface area contributed by atoms with Crippen molar-refractivity contribution in [2.75, 3.05) is 13.1 Å². The summed E-state index contributed by atoms with van der Waals surface area (Å²) in [5.41, 5.74) is 4.02. The first-order valence-corrected chi connectivity index (χ1v) is 14.3. The third-order valence-electron chi connectivity index (χ3n) is 9.74. The molecule has 0 bridgehead atoms. The Morgan fingerprint density at radius 3 is 2.26 bits per heavy atom. The fraction of sp³-hybridized carbons (Fsp3) is 0.515. The number of carbonyl (C=O) groups is 2. The van der Waals surface area contributed by atoms with Gasteiger partial charge in [-0.15, -0.1) is 0 Å².